The number of fused-ring (bicyclic) bond motifs is 1. The highest BCUT2D eigenvalue weighted by Gasteiger charge is 2.27. The average molecular weight is 386 g/mol. The summed E-state index contributed by atoms with van der Waals surface area (Å²) in [4.78, 5) is 16.3. The van der Waals surface area contributed by atoms with Crippen LogP contribution in [0.1, 0.15) is 25.7 Å². The second kappa shape index (κ2) is 10.4. The van der Waals surface area contributed by atoms with E-state index in [2.05, 4.69) is 10.3 Å². The molecule has 1 aliphatic carbocycles. The molecule has 2 aromatic rings. The standard InChI is InChI=1S/C18H23N3O2.2ClH/c19-15-8-7-14(12-15)18(22)21-10-3-11-23-16-6-1-4-13-5-2-9-20-17(13)16;;/h1-2,4-6,9,14-15H,3,7-8,10-12,19H2,(H,21,22);2*1H. The Labute approximate surface area is 160 Å². The number of amides is 1. The number of carbonyl (C=O) groups excluding carboxylic acids is 1. The number of aromatic nitrogens is 1. The molecule has 1 aliphatic rings. The van der Waals surface area contributed by atoms with Crippen molar-refractivity contribution >= 4 is 41.6 Å². The van der Waals surface area contributed by atoms with Crippen molar-refractivity contribution in [3.05, 3.63) is 36.5 Å². The summed E-state index contributed by atoms with van der Waals surface area (Å²) in [5, 5.41) is 4.04. The van der Waals surface area contributed by atoms with Crippen LogP contribution in [0.2, 0.25) is 0 Å². The quantitative estimate of drug-likeness (QED) is 0.748. The first-order valence-corrected chi connectivity index (χ1v) is 8.24. The number of rotatable bonds is 6. The van der Waals surface area contributed by atoms with Gasteiger partial charge in [-0.05, 0) is 37.8 Å². The predicted molar refractivity (Wildman–Crippen MR) is 105 cm³/mol. The zero-order valence-corrected chi connectivity index (χ0v) is 15.7. The second-order valence-electron chi connectivity index (χ2n) is 6.09. The number of hydrogen-bond donors (Lipinski definition) is 2. The third kappa shape index (κ3) is 5.73. The van der Waals surface area contributed by atoms with Gasteiger partial charge < -0.3 is 15.8 Å². The molecule has 1 saturated carbocycles. The van der Waals surface area contributed by atoms with Crippen LogP contribution in [-0.2, 0) is 4.79 Å². The van der Waals surface area contributed by atoms with Gasteiger partial charge >= 0.3 is 0 Å². The van der Waals surface area contributed by atoms with Crippen molar-refractivity contribution in [2.45, 2.75) is 31.7 Å². The van der Waals surface area contributed by atoms with Crippen LogP contribution >= 0.6 is 24.8 Å². The van der Waals surface area contributed by atoms with Gasteiger partial charge in [0.1, 0.15) is 11.3 Å². The molecule has 1 aromatic carbocycles. The minimum absolute atomic E-state index is 0. The summed E-state index contributed by atoms with van der Waals surface area (Å²) in [6.45, 7) is 1.18. The van der Waals surface area contributed by atoms with Gasteiger partial charge in [-0.15, -0.1) is 24.8 Å². The van der Waals surface area contributed by atoms with E-state index in [0.29, 0.717) is 13.2 Å². The van der Waals surface area contributed by atoms with E-state index in [4.69, 9.17) is 10.5 Å². The molecule has 0 spiro atoms. The smallest absolute Gasteiger partial charge is 0.223 e. The Balaban J connectivity index is 0.00000156. The summed E-state index contributed by atoms with van der Waals surface area (Å²) < 4.78 is 5.81. The topological polar surface area (TPSA) is 77.2 Å². The van der Waals surface area contributed by atoms with Gasteiger partial charge in [-0.2, -0.15) is 0 Å². The number of para-hydroxylation sites is 1. The van der Waals surface area contributed by atoms with E-state index < -0.39 is 0 Å². The molecule has 0 radical (unpaired) electrons. The molecule has 2 unspecified atom stereocenters. The number of ether oxygens (including phenoxy) is 1. The lowest BCUT2D eigenvalue weighted by Crippen LogP contribution is -2.31. The Kier molecular flexibility index (Phi) is 8.97. The maximum atomic E-state index is 12.0. The Morgan fingerprint density at radius 2 is 2.04 bits per heavy atom. The summed E-state index contributed by atoms with van der Waals surface area (Å²) in [6.07, 6.45) is 5.21. The van der Waals surface area contributed by atoms with Gasteiger partial charge in [-0.1, -0.05) is 18.2 Å². The van der Waals surface area contributed by atoms with Crippen molar-refractivity contribution in [2.24, 2.45) is 11.7 Å². The fraction of sp³-hybridized carbons (Fsp3) is 0.444. The summed E-state index contributed by atoms with van der Waals surface area (Å²) in [6, 6.07) is 10.0. The molecular formula is C18H25Cl2N3O2. The number of nitrogens with two attached hydrogens (primary N) is 1. The van der Waals surface area contributed by atoms with Crippen LogP contribution < -0.4 is 15.8 Å². The highest BCUT2D eigenvalue weighted by atomic mass is 35.5. The molecule has 0 bridgehead atoms. The summed E-state index contributed by atoms with van der Waals surface area (Å²) >= 11 is 0. The van der Waals surface area contributed by atoms with Crippen molar-refractivity contribution < 1.29 is 9.53 Å². The number of nitrogens with one attached hydrogen (secondary N) is 1. The fourth-order valence-electron chi connectivity index (χ4n) is 3.06. The first-order chi connectivity index (χ1) is 11.2. The van der Waals surface area contributed by atoms with E-state index in [1.54, 1.807) is 6.20 Å². The molecular weight excluding hydrogens is 361 g/mol. The van der Waals surface area contributed by atoms with Crippen molar-refractivity contribution in [2.75, 3.05) is 13.2 Å². The largest absolute Gasteiger partial charge is 0.491 e. The molecule has 1 heterocycles. The van der Waals surface area contributed by atoms with Crippen molar-refractivity contribution in [3.63, 3.8) is 0 Å². The fourth-order valence-corrected chi connectivity index (χ4v) is 3.06. The number of benzene rings is 1. The average Bonchev–Trinajstić information content (AvgIpc) is 3.01. The maximum absolute atomic E-state index is 12.0. The molecule has 1 amide bonds. The van der Waals surface area contributed by atoms with E-state index in [-0.39, 0.29) is 42.7 Å². The molecule has 3 N–H and O–H groups in total. The summed E-state index contributed by atoms with van der Waals surface area (Å²) in [7, 11) is 0. The van der Waals surface area contributed by atoms with E-state index in [1.165, 1.54) is 0 Å². The third-order valence-corrected chi connectivity index (χ3v) is 4.32. The lowest BCUT2D eigenvalue weighted by atomic mass is 10.1. The van der Waals surface area contributed by atoms with Gasteiger partial charge in [0.25, 0.3) is 0 Å². The van der Waals surface area contributed by atoms with Gasteiger partial charge in [0.15, 0.2) is 0 Å². The molecule has 7 heteroatoms. The van der Waals surface area contributed by atoms with Crippen LogP contribution in [0.25, 0.3) is 10.9 Å². The van der Waals surface area contributed by atoms with Crippen LogP contribution in [0.5, 0.6) is 5.75 Å². The highest BCUT2D eigenvalue weighted by molar-refractivity contribution is 5.86. The maximum Gasteiger partial charge on any atom is 0.223 e. The first-order valence-electron chi connectivity index (χ1n) is 8.24. The third-order valence-electron chi connectivity index (χ3n) is 4.32. The van der Waals surface area contributed by atoms with Gasteiger partial charge in [0.05, 0.1) is 6.61 Å². The molecule has 25 heavy (non-hydrogen) atoms. The Bertz CT molecular complexity index is 679. The minimum Gasteiger partial charge on any atom is -0.491 e. The Hall–Kier alpha value is -1.56. The Morgan fingerprint density at radius 3 is 2.80 bits per heavy atom. The van der Waals surface area contributed by atoms with Gasteiger partial charge in [0, 0.05) is 30.1 Å². The number of nitrogens with zero attached hydrogens (tertiary/aromatic N) is 1. The lowest BCUT2D eigenvalue weighted by molar-refractivity contribution is -0.124. The van der Waals surface area contributed by atoms with Gasteiger partial charge in [-0.25, -0.2) is 0 Å². The molecule has 2 atom stereocenters. The monoisotopic (exact) mass is 385 g/mol. The number of pyridine rings is 1. The van der Waals surface area contributed by atoms with Gasteiger partial charge in [-0.3, -0.25) is 9.78 Å². The van der Waals surface area contributed by atoms with Gasteiger partial charge in [0.2, 0.25) is 5.91 Å². The lowest BCUT2D eigenvalue weighted by Gasteiger charge is -2.11. The molecule has 3 rings (SSSR count). The predicted octanol–water partition coefficient (Wildman–Crippen LogP) is 3.09. The van der Waals surface area contributed by atoms with Crippen LogP contribution in [-0.4, -0.2) is 30.1 Å². The van der Waals surface area contributed by atoms with Crippen molar-refractivity contribution in [1.82, 2.24) is 10.3 Å². The van der Waals surface area contributed by atoms with Crippen LogP contribution in [0.4, 0.5) is 0 Å². The van der Waals surface area contributed by atoms with Crippen LogP contribution in [0, 0.1) is 5.92 Å². The molecule has 1 fully saturated rings. The minimum atomic E-state index is 0. The summed E-state index contributed by atoms with van der Waals surface area (Å²) in [5.41, 5.74) is 6.72. The number of hydrogen-bond acceptors (Lipinski definition) is 4. The molecule has 0 saturated heterocycles. The molecule has 5 nitrogen and oxygen atoms in total. The summed E-state index contributed by atoms with van der Waals surface area (Å²) in [5.74, 6) is 1.01. The normalized spacial score (nSPS) is 18.9. The van der Waals surface area contributed by atoms with Crippen LogP contribution in [0.3, 0.4) is 0 Å². The van der Waals surface area contributed by atoms with Crippen molar-refractivity contribution in [1.29, 1.82) is 0 Å². The Morgan fingerprint density at radius 1 is 1.24 bits per heavy atom. The number of carbonyl (C=O) groups is 1. The second-order valence-corrected chi connectivity index (χ2v) is 6.09. The number of halogens is 2. The molecule has 0 aliphatic heterocycles. The SMILES string of the molecule is Cl.Cl.NC1CCC(C(=O)NCCCOc2cccc3cccnc23)C1. The van der Waals surface area contributed by atoms with E-state index >= 15 is 0 Å². The molecule has 138 valence electrons. The first kappa shape index (κ1) is 21.5. The molecule has 1 aromatic heterocycles. The highest BCUT2D eigenvalue weighted by Crippen LogP contribution is 2.24. The van der Waals surface area contributed by atoms with E-state index in [0.717, 1.165) is 42.3 Å². The zero-order chi connectivity index (χ0) is 16.1. The van der Waals surface area contributed by atoms with Crippen molar-refractivity contribution in [3.8, 4) is 5.75 Å². The zero-order valence-electron chi connectivity index (χ0n) is 14.0. The van der Waals surface area contributed by atoms with E-state index in [1.807, 2.05) is 30.3 Å². The van der Waals surface area contributed by atoms with Crippen LogP contribution in [0.15, 0.2) is 36.5 Å². The van der Waals surface area contributed by atoms with E-state index in [9.17, 15) is 4.79 Å².